The lowest BCUT2D eigenvalue weighted by Crippen LogP contribution is -2.19. The van der Waals surface area contributed by atoms with E-state index in [1.165, 1.54) is 0 Å². The maximum atomic E-state index is 11.7. The number of hydrogen-bond acceptors (Lipinski definition) is 3. The molecule has 0 bridgehead atoms. The number of aromatic nitrogens is 2. The molecule has 2 heterocycles. The van der Waals surface area contributed by atoms with E-state index in [2.05, 4.69) is 15.3 Å². The van der Waals surface area contributed by atoms with Crippen molar-refractivity contribution in [3.8, 4) is 11.1 Å². The summed E-state index contributed by atoms with van der Waals surface area (Å²) in [6.07, 6.45) is 3.47. The van der Waals surface area contributed by atoms with Crippen LogP contribution in [0.1, 0.15) is 10.5 Å². The highest BCUT2D eigenvalue weighted by Crippen LogP contribution is 2.27. The van der Waals surface area contributed by atoms with E-state index in [9.17, 15) is 4.79 Å². The molecule has 4 nitrogen and oxygen atoms in total. The van der Waals surface area contributed by atoms with Crippen molar-refractivity contribution in [2.45, 2.75) is 0 Å². The van der Waals surface area contributed by atoms with Gasteiger partial charge >= 0.3 is 0 Å². The Morgan fingerprint density at radius 2 is 1.86 bits per heavy atom. The van der Waals surface area contributed by atoms with Gasteiger partial charge in [-0.2, -0.15) is 0 Å². The lowest BCUT2D eigenvalue weighted by atomic mass is 10.0. The van der Waals surface area contributed by atoms with Gasteiger partial charge in [-0.15, -0.1) is 0 Å². The predicted octanol–water partition coefficient (Wildman–Crippen LogP) is 3.31. The Hall–Kier alpha value is -2.46. The lowest BCUT2D eigenvalue weighted by Gasteiger charge is -2.07. The van der Waals surface area contributed by atoms with Gasteiger partial charge in [0.05, 0.1) is 5.52 Å². The molecule has 1 aromatic carbocycles. The number of pyridine rings is 2. The van der Waals surface area contributed by atoms with Crippen LogP contribution in [0, 0.1) is 0 Å². The third-order valence-electron chi connectivity index (χ3n) is 3.21. The number of carbonyl (C=O) groups is 1. The fraction of sp³-hybridized carbons (Fsp3) is 0.0625. The van der Waals surface area contributed by atoms with E-state index < -0.39 is 0 Å². The van der Waals surface area contributed by atoms with Gasteiger partial charge in [0.25, 0.3) is 5.91 Å². The van der Waals surface area contributed by atoms with E-state index in [1.807, 2.05) is 30.3 Å². The fourth-order valence-electron chi connectivity index (χ4n) is 2.14. The molecule has 104 valence electrons. The van der Waals surface area contributed by atoms with Crippen LogP contribution in [0.25, 0.3) is 22.0 Å². The second-order valence-electron chi connectivity index (χ2n) is 4.54. The van der Waals surface area contributed by atoms with Gasteiger partial charge in [-0.3, -0.25) is 9.78 Å². The SMILES string of the molecule is CNC(=O)c1ccc2cncc(-c3ccc(Cl)cc3)c2n1. The third-order valence-corrected chi connectivity index (χ3v) is 3.47. The second kappa shape index (κ2) is 5.50. The number of hydrogen-bond donors (Lipinski definition) is 1. The number of halogens is 1. The molecule has 0 radical (unpaired) electrons. The number of rotatable bonds is 2. The number of fused-ring (bicyclic) bond motifs is 1. The highest BCUT2D eigenvalue weighted by Gasteiger charge is 2.10. The molecule has 21 heavy (non-hydrogen) atoms. The van der Waals surface area contributed by atoms with Crippen LogP contribution in [0.4, 0.5) is 0 Å². The molecule has 0 saturated carbocycles. The van der Waals surface area contributed by atoms with Gasteiger partial charge in [0.2, 0.25) is 0 Å². The van der Waals surface area contributed by atoms with Crippen molar-refractivity contribution < 1.29 is 4.79 Å². The number of nitrogens with zero attached hydrogens (tertiary/aromatic N) is 2. The summed E-state index contributed by atoms with van der Waals surface area (Å²) >= 11 is 5.92. The minimum Gasteiger partial charge on any atom is -0.354 e. The summed E-state index contributed by atoms with van der Waals surface area (Å²) in [6.45, 7) is 0. The minimum absolute atomic E-state index is 0.212. The van der Waals surface area contributed by atoms with Gasteiger partial charge in [0.15, 0.2) is 0 Å². The number of carbonyl (C=O) groups excluding carboxylic acids is 1. The molecule has 0 fully saturated rings. The van der Waals surface area contributed by atoms with Crippen molar-refractivity contribution in [3.05, 3.63) is 59.5 Å². The average Bonchev–Trinajstić information content (AvgIpc) is 2.54. The topological polar surface area (TPSA) is 54.9 Å². The summed E-state index contributed by atoms with van der Waals surface area (Å²) in [6, 6.07) is 11.0. The summed E-state index contributed by atoms with van der Waals surface area (Å²) in [5, 5.41) is 4.13. The van der Waals surface area contributed by atoms with Crippen molar-refractivity contribution in [1.29, 1.82) is 0 Å². The molecular formula is C16H12ClN3O. The molecule has 2 aromatic heterocycles. The summed E-state index contributed by atoms with van der Waals surface area (Å²) in [5.41, 5.74) is 2.95. The lowest BCUT2D eigenvalue weighted by molar-refractivity contribution is 0.0958. The average molecular weight is 298 g/mol. The summed E-state index contributed by atoms with van der Waals surface area (Å²) in [7, 11) is 1.58. The van der Waals surface area contributed by atoms with Crippen LogP contribution >= 0.6 is 11.6 Å². The van der Waals surface area contributed by atoms with Crippen LogP contribution < -0.4 is 5.32 Å². The largest absolute Gasteiger partial charge is 0.354 e. The smallest absolute Gasteiger partial charge is 0.269 e. The molecule has 0 unspecified atom stereocenters. The Morgan fingerprint density at radius 3 is 2.57 bits per heavy atom. The Balaban J connectivity index is 2.22. The van der Waals surface area contributed by atoms with Crippen molar-refractivity contribution >= 4 is 28.4 Å². The first-order valence-corrected chi connectivity index (χ1v) is 6.79. The van der Waals surface area contributed by atoms with Crippen molar-refractivity contribution in [2.24, 2.45) is 0 Å². The Kier molecular flexibility index (Phi) is 3.54. The van der Waals surface area contributed by atoms with Gasteiger partial charge in [0, 0.05) is 35.4 Å². The predicted molar refractivity (Wildman–Crippen MR) is 83.4 cm³/mol. The second-order valence-corrected chi connectivity index (χ2v) is 4.98. The van der Waals surface area contributed by atoms with Gasteiger partial charge in [0.1, 0.15) is 5.69 Å². The number of amides is 1. The van der Waals surface area contributed by atoms with E-state index in [0.29, 0.717) is 10.7 Å². The fourth-order valence-corrected chi connectivity index (χ4v) is 2.26. The van der Waals surface area contributed by atoms with Gasteiger partial charge in [-0.1, -0.05) is 23.7 Å². The first-order chi connectivity index (χ1) is 10.2. The van der Waals surface area contributed by atoms with Crippen LogP contribution in [0.2, 0.25) is 5.02 Å². The molecule has 5 heteroatoms. The van der Waals surface area contributed by atoms with Crippen molar-refractivity contribution in [1.82, 2.24) is 15.3 Å². The first kappa shape index (κ1) is 13.5. The van der Waals surface area contributed by atoms with E-state index >= 15 is 0 Å². The normalized spacial score (nSPS) is 10.6. The van der Waals surface area contributed by atoms with E-state index in [-0.39, 0.29) is 5.91 Å². The van der Waals surface area contributed by atoms with Gasteiger partial charge < -0.3 is 5.32 Å². The first-order valence-electron chi connectivity index (χ1n) is 6.42. The molecule has 1 N–H and O–H groups in total. The van der Waals surface area contributed by atoms with Crippen LogP contribution in [0.5, 0.6) is 0 Å². The molecule has 3 rings (SSSR count). The molecule has 3 aromatic rings. The zero-order chi connectivity index (χ0) is 14.8. The van der Waals surface area contributed by atoms with Crippen LogP contribution in [-0.2, 0) is 0 Å². The van der Waals surface area contributed by atoms with E-state index in [1.54, 1.807) is 25.5 Å². The summed E-state index contributed by atoms with van der Waals surface area (Å²) in [4.78, 5) is 20.4. The third kappa shape index (κ3) is 2.58. The molecule has 0 spiro atoms. The zero-order valence-corrected chi connectivity index (χ0v) is 12.1. The summed E-state index contributed by atoms with van der Waals surface area (Å²) < 4.78 is 0. The molecule has 1 amide bonds. The molecular weight excluding hydrogens is 286 g/mol. The minimum atomic E-state index is -0.212. The van der Waals surface area contributed by atoms with E-state index in [0.717, 1.165) is 22.0 Å². The standard InChI is InChI=1S/C16H12ClN3O/c1-18-16(21)14-7-4-11-8-19-9-13(15(11)20-14)10-2-5-12(17)6-3-10/h2-9H,1H3,(H,18,21). The monoisotopic (exact) mass is 297 g/mol. The highest BCUT2D eigenvalue weighted by molar-refractivity contribution is 6.30. The van der Waals surface area contributed by atoms with Crippen molar-refractivity contribution in [2.75, 3.05) is 7.05 Å². The maximum absolute atomic E-state index is 11.7. The Morgan fingerprint density at radius 1 is 1.10 bits per heavy atom. The molecule has 0 aliphatic carbocycles. The van der Waals surface area contributed by atoms with Gasteiger partial charge in [-0.05, 0) is 29.8 Å². The highest BCUT2D eigenvalue weighted by atomic mass is 35.5. The molecule has 0 aliphatic rings. The Labute approximate surface area is 126 Å². The van der Waals surface area contributed by atoms with Crippen LogP contribution in [-0.4, -0.2) is 22.9 Å². The van der Waals surface area contributed by atoms with E-state index in [4.69, 9.17) is 11.6 Å². The maximum Gasteiger partial charge on any atom is 0.269 e. The number of benzene rings is 1. The Bertz CT molecular complexity index is 815. The summed E-state index contributed by atoms with van der Waals surface area (Å²) in [5.74, 6) is -0.212. The quantitative estimate of drug-likeness (QED) is 0.789. The van der Waals surface area contributed by atoms with Gasteiger partial charge in [-0.25, -0.2) is 4.98 Å². The molecule has 0 aliphatic heterocycles. The zero-order valence-electron chi connectivity index (χ0n) is 11.3. The number of nitrogens with one attached hydrogen (secondary N) is 1. The molecule has 0 atom stereocenters. The van der Waals surface area contributed by atoms with Crippen LogP contribution in [0.3, 0.4) is 0 Å². The molecule has 0 saturated heterocycles. The van der Waals surface area contributed by atoms with Crippen LogP contribution in [0.15, 0.2) is 48.8 Å². The van der Waals surface area contributed by atoms with Crippen molar-refractivity contribution in [3.63, 3.8) is 0 Å².